The van der Waals surface area contributed by atoms with E-state index in [-0.39, 0.29) is 46.7 Å². The zero-order valence-electron chi connectivity index (χ0n) is 28.0. The molecule has 52 heavy (non-hydrogen) atoms. The van der Waals surface area contributed by atoms with E-state index in [1.807, 2.05) is 48.5 Å². The van der Waals surface area contributed by atoms with E-state index in [1.54, 1.807) is 48.5 Å². The lowest BCUT2D eigenvalue weighted by atomic mass is 9.92. The van der Waals surface area contributed by atoms with Crippen molar-refractivity contribution < 1.29 is 20.4 Å². The highest BCUT2D eigenvalue weighted by Gasteiger charge is 2.30. The Kier molecular flexibility index (Phi) is 7.51. The monoisotopic (exact) mass is 684 g/mol. The Morgan fingerprint density at radius 2 is 0.385 bits per heavy atom. The minimum atomic E-state index is -0.214. The standard InChI is InChI=1S/C44H36N4O4/c49-29-9-1-25(2-10-29)41-33-17-19-35(45-33)42(26-3-11-30(50)12-4-26)37-21-23-39(47-37)44(28-7-15-32(52)16-8-28)40-24-22-38(48-40)43(36-20-18-34(41)46-36)27-5-13-31(51)14-6-27/h1-24,41-52H. The van der Waals surface area contributed by atoms with Crippen molar-refractivity contribution >= 4 is 0 Å². The fraction of sp³-hybridized carbons (Fsp3) is 0.0909. The van der Waals surface area contributed by atoms with E-state index < -0.39 is 0 Å². The molecule has 0 spiro atoms. The van der Waals surface area contributed by atoms with Crippen LogP contribution < -0.4 is 0 Å². The van der Waals surface area contributed by atoms with Crippen LogP contribution in [0.4, 0.5) is 0 Å². The minimum Gasteiger partial charge on any atom is -0.508 e. The SMILES string of the molecule is Oc1ccc(C2c3ccc([nH]3)C(c3ccc(O)cc3)c3ccc([nH]3)C(c3ccc(O)cc3)c3ccc([nH]3)C(c3ccc(O)cc3)c3ccc2[nH]3)cc1. The Labute approximate surface area is 299 Å². The molecule has 4 aromatic carbocycles. The maximum atomic E-state index is 10.2. The molecular weight excluding hydrogens is 649 g/mol. The summed E-state index contributed by atoms with van der Waals surface area (Å²) in [6.45, 7) is 0. The number of aromatic hydroxyl groups is 4. The molecular formula is C44H36N4O4. The number of aromatic nitrogens is 4. The fourth-order valence-electron chi connectivity index (χ4n) is 7.84. The van der Waals surface area contributed by atoms with Crippen LogP contribution in [0.2, 0.25) is 0 Å². The van der Waals surface area contributed by atoms with Gasteiger partial charge in [-0.15, -0.1) is 0 Å². The van der Waals surface area contributed by atoms with Gasteiger partial charge in [0, 0.05) is 45.6 Å². The lowest BCUT2D eigenvalue weighted by molar-refractivity contribution is 0.474. The first-order chi connectivity index (χ1) is 25.4. The van der Waals surface area contributed by atoms with E-state index in [2.05, 4.69) is 68.5 Å². The van der Waals surface area contributed by atoms with Crippen molar-refractivity contribution in [2.45, 2.75) is 23.7 Å². The molecule has 8 bridgehead atoms. The third-order valence-corrected chi connectivity index (χ3v) is 10.3. The van der Waals surface area contributed by atoms with Crippen LogP contribution in [0, 0.1) is 0 Å². The van der Waals surface area contributed by atoms with Gasteiger partial charge in [0.2, 0.25) is 0 Å². The highest BCUT2D eigenvalue weighted by Crippen LogP contribution is 2.41. The molecule has 0 radical (unpaired) electrons. The summed E-state index contributed by atoms with van der Waals surface area (Å²) in [6, 6.07) is 46.3. The molecule has 0 unspecified atom stereocenters. The number of benzene rings is 4. The van der Waals surface area contributed by atoms with E-state index in [0.717, 1.165) is 67.8 Å². The van der Waals surface area contributed by atoms with Crippen LogP contribution in [0.1, 0.15) is 91.5 Å². The Balaban J connectivity index is 1.29. The highest BCUT2D eigenvalue weighted by atomic mass is 16.3. The van der Waals surface area contributed by atoms with Crippen LogP contribution in [-0.2, 0) is 0 Å². The molecule has 8 N–H and O–H groups in total. The highest BCUT2D eigenvalue weighted by molar-refractivity contribution is 5.50. The summed E-state index contributed by atoms with van der Waals surface area (Å²) < 4.78 is 0. The van der Waals surface area contributed by atoms with Gasteiger partial charge < -0.3 is 40.4 Å². The van der Waals surface area contributed by atoms with E-state index >= 15 is 0 Å². The fourth-order valence-corrected chi connectivity index (χ4v) is 7.84. The van der Waals surface area contributed by atoms with Gasteiger partial charge in [-0.25, -0.2) is 0 Å². The second-order valence-corrected chi connectivity index (χ2v) is 13.6. The summed E-state index contributed by atoms with van der Waals surface area (Å²) in [5, 5.41) is 40.8. The molecule has 1 aliphatic heterocycles. The van der Waals surface area contributed by atoms with Gasteiger partial charge in [-0.3, -0.25) is 0 Å². The number of phenols is 4. The molecule has 8 nitrogen and oxygen atoms in total. The van der Waals surface area contributed by atoms with E-state index in [4.69, 9.17) is 0 Å². The molecule has 0 aliphatic carbocycles. The van der Waals surface area contributed by atoms with Crippen LogP contribution in [-0.4, -0.2) is 40.4 Å². The summed E-state index contributed by atoms with van der Waals surface area (Å²) in [5.41, 5.74) is 11.8. The van der Waals surface area contributed by atoms with Gasteiger partial charge in [0.1, 0.15) is 23.0 Å². The van der Waals surface area contributed by atoms with Gasteiger partial charge in [0.05, 0.1) is 23.7 Å². The quantitative estimate of drug-likeness (QED) is 0.0937. The Hall–Kier alpha value is -6.80. The van der Waals surface area contributed by atoms with E-state index in [9.17, 15) is 20.4 Å². The molecule has 0 atom stereocenters. The number of aromatic amines is 4. The second-order valence-electron chi connectivity index (χ2n) is 13.6. The first kappa shape index (κ1) is 31.2. The molecule has 0 amide bonds. The van der Waals surface area contributed by atoms with Gasteiger partial charge in [-0.1, -0.05) is 48.5 Å². The number of rotatable bonds is 4. The smallest absolute Gasteiger partial charge is 0.115 e. The zero-order chi connectivity index (χ0) is 35.3. The van der Waals surface area contributed by atoms with Gasteiger partial charge in [-0.05, 0) is 119 Å². The third kappa shape index (κ3) is 5.60. The summed E-state index contributed by atoms with van der Waals surface area (Å²) in [4.78, 5) is 15.2. The second kappa shape index (κ2) is 12.5. The third-order valence-electron chi connectivity index (χ3n) is 10.3. The van der Waals surface area contributed by atoms with Gasteiger partial charge in [0.25, 0.3) is 0 Å². The average Bonchev–Trinajstić information content (AvgIpc) is 3.99. The van der Waals surface area contributed by atoms with Crippen LogP contribution >= 0.6 is 0 Å². The molecule has 0 fully saturated rings. The van der Waals surface area contributed by atoms with Gasteiger partial charge >= 0.3 is 0 Å². The molecule has 9 rings (SSSR count). The first-order valence-electron chi connectivity index (χ1n) is 17.3. The van der Waals surface area contributed by atoms with Crippen molar-refractivity contribution in [1.82, 2.24) is 19.9 Å². The van der Waals surface area contributed by atoms with Gasteiger partial charge in [-0.2, -0.15) is 0 Å². The number of hydrogen-bond donors (Lipinski definition) is 8. The van der Waals surface area contributed by atoms with Crippen molar-refractivity contribution in [2.24, 2.45) is 0 Å². The normalized spacial score (nSPS) is 18.3. The lowest BCUT2D eigenvalue weighted by Gasteiger charge is -2.21. The Morgan fingerprint density at radius 1 is 0.231 bits per heavy atom. The molecule has 8 heteroatoms. The van der Waals surface area contributed by atoms with E-state index in [1.165, 1.54) is 0 Å². The van der Waals surface area contributed by atoms with Crippen molar-refractivity contribution in [2.75, 3.05) is 0 Å². The van der Waals surface area contributed by atoms with E-state index in [0.29, 0.717) is 0 Å². The summed E-state index contributed by atoms with van der Waals surface area (Å²) >= 11 is 0. The van der Waals surface area contributed by atoms with Crippen molar-refractivity contribution in [3.8, 4) is 23.0 Å². The molecule has 4 aromatic heterocycles. The number of phenolic OH excluding ortho intramolecular Hbond substituents is 4. The number of hydrogen-bond acceptors (Lipinski definition) is 4. The van der Waals surface area contributed by atoms with Crippen molar-refractivity contribution in [3.05, 3.63) is 213 Å². The summed E-state index contributed by atoms with van der Waals surface area (Å²) in [7, 11) is 0. The maximum absolute atomic E-state index is 10.2. The Morgan fingerprint density at radius 3 is 0.538 bits per heavy atom. The molecule has 8 aromatic rings. The first-order valence-corrected chi connectivity index (χ1v) is 17.3. The maximum Gasteiger partial charge on any atom is 0.115 e. The van der Waals surface area contributed by atoms with Gasteiger partial charge in [0.15, 0.2) is 0 Å². The molecule has 0 saturated heterocycles. The topological polar surface area (TPSA) is 144 Å². The lowest BCUT2D eigenvalue weighted by Crippen LogP contribution is -2.10. The number of fused-ring (bicyclic) bond motifs is 8. The summed E-state index contributed by atoms with van der Waals surface area (Å²) in [5.74, 6) is -0.0518. The Bertz CT molecular complexity index is 2040. The van der Waals surface area contributed by atoms with Crippen LogP contribution in [0.3, 0.4) is 0 Å². The van der Waals surface area contributed by atoms with Crippen molar-refractivity contribution in [1.29, 1.82) is 0 Å². The molecule has 5 heterocycles. The number of H-pyrrole nitrogens is 4. The predicted molar refractivity (Wildman–Crippen MR) is 199 cm³/mol. The molecule has 1 aliphatic rings. The zero-order valence-corrected chi connectivity index (χ0v) is 28.0. The van der Waals surface area contributed by atoms with Crippen LogP contribution in [0.25, 0.3) is 0 Å². The average molecular weight is 685 g/mol. The number of nitrogens with one attached hydrogen (secondary N) is 4. The molecule has 0 saturated carbocycles. The van der Waals surface area contributed by atoms with Crippen LogP contribution in [0.15, 0.2) is 146 Å². The predicted octanol–water partition coefficient (Wildman–Crippen LogP) is 8.86. The summed E-state index contributed by atoms with van der Waals surface area (Å²) in [6.07, 6.45) is 0. The van der Waals surface area contributed by atoms with Crippen molar-refractivity contribution in [3.63, 3.8) is 0 Å². The minimum absolute atomic E-state index is 0.201. The van der Waals surface area contributed by atoms with Crippen LogP contribution in [0.5, 0.6) is 23.0 Å². The molecule has 256 valence electrons. The largest absolute Gasteiger partial charge is 0.508 e.